The molecule has 2 radical (unpaired) electrons. The average Bonchev–Trinajstić information content (AvgIpc) is 2.83. The zero-order valence-corrected chi connectivity index (χ0v) is 23.1. The van der Waals surface area contributed by atoms with Crippen molar-refractivity contribution in [2.24, 2.45) is 0 Å². The van der Waals surface area contributed by atoms with Gasteiger partial charge in [-0.15, -0.1) is 0 Å². The van der Waals surface area contributed by atoms with E-state index in [-0.39, 0.29) is 0 Å². The lowest BCUT2D eigenvalue weighted by Gasteiger charge is -2.04. The van der Waals surface area contributed by atoms with Crippen molar-refractivity contribution < 1.29 is 0 Å². The normalized spacial score (nSPS) is 11.3. The minimum atomic E-state index is 1.10. The van der Waals surface area contributed by atoms with Crippen LogP contribution >= 0.6 is 0 Å². The first kappa shape index (κ1) is 32.7. The van der Waals surface area contributed by atoms with Crippen LogP contribution < -0.4 is 0 Å². The monoisotopic (exact) mass is 461 g/mol. The van der Waals surface area contributed by atoms with Gasteiger partial charge in [-0.25, -0.2) is 0 Å². The van der Waals surface area contributed by atoms with Crippen molar-refractivity contribution in [1.82, 2.24) is 0 Å². The minimum Gasteiger partial charge on any atom is -0.0845 e. The summed E-state index contributed by atoms with van der Waals surface area (Å²) in [7, 11) is 0. The van der Waals surface area contributed by atoms with E-state index in [1.807, 2.05) is 0 Å². The molecule has 0 aromatic rings. The van der Waals surface area contributed by atoms with Crippen LogP contribution in [-0.4, -0.2) is 0 Å². The second-order valence-electron chi connectivity index (χ2n) is 10.8. The molecule has 0 aromatic carbocycles. The SMILES string of the molecule is [CH]=CCCCCCCCCCCCCCCCCCCCCCCCCCCCCCC[CH2]. The molecule has 0 aromatic heterocycles. The molecule has 0 rings (SSSR count). The Morgan fingerprint density at radius 2 is 0.485 bits per heavy atom. The van der Waals surface area contributed by atoms with Gasteiger partial charge in [-0.2, -0.15) is 0 Å². The van der Waals surface area contributed by atoms with Crippen LogP contribution in [0, 0.1) is 13.5 Å². The summed E-state index contributed by atoms with van der Waals surface area (Å²) in [6.07, 6.45) is 44.7. The Morgan fingerprint density at radius 1 is 0.303 bits per heavy atom. The fourth-order valence-electron chi connectivity index (χ4n) is 5.04. The highest BCUT2D eigenvalue weighted by Gasteiger charge is 1.96. The number of rotatable bonds is 30. The van der Waals surface area contributed by atoms with Gasteiger partial charge in [-0.05, 0) is 12.8 Å². The first-order chi connectivity index (χ1) is 16.4. The quantitative estimate of drug-likeness (QED) is 0.0934. The van der Waals surface area contributed by atoms with Crippen LogP contribution in [0.1, 0.15) is 193 Å². The molecule has 0 atom stereocenters. The van der Waals surface area contributed by atoms with E-state index in [1.165, 1.54) is 180 Å². The van der Waals surface area contributed by atoms with Crippen LogP contribution in [-0.2, 0) is 0 Å². The maximum atomic E-state index is 5.41. The van der Waals surface area contributed by atoms with Crippen molar-refractivity contribution in [3.8, 4) is 0 Å². The predicted octanol–water partition coefficient (Wildman–Crippen LogP) is 12.5. The van der Waals surface area contributed by atoms with E-state index in [1.54, 1.807) is 6.08 Å². The molecule has 0 aliphatic carbocycles. The third kappa shape index (κ3) is 31.7. The summed E-state index contributed by atoms with van der Waals surface area (Å²) >= 11 is 0. The number of hydrogen-bond acceptors (Lipinski definition) is 0. The van der Waals surface area contributed by atoms with Crippen LogP contribution in [0.2, 0.25) is 0 Å². The van der Waals surface area contributed by atoms with E-state index < -0.39 is 0 Å². The molecule has 196 valence electrons. The second kappa shape index (κ2) is 31.7. The van der Waals surface area contributed by atoms with Crippen LogP contribution in [0.3, 0.4) is 0 Å². The van der Waals surface area contributed by atoms with E-state index in [2.05, 4.69) is 6.92 Å². The van der Waals surface area contributed by atoms with Gasteiger partial charge in [0.25, 0.3) is 0 Å². The summed E-state index contributed by atoms with van der Waals surface area (Å²) in [6.45, 7) is 9.33. The topological polar surface area (TPSA) is 0 Å². The van der Waals surface area contributed by atoms with Crippen LogP contribution in [0.15, 0.2) is 6.08 Å². The number of unbranched alkanes of at least 4 members (excludes halogenated alkanes) is 29. The number of hydrogen-bond donors (Lipinski definition) is 0. The van der Waals surface area contributed by atoms with E-state index in [0.717, 1.165) is 12.8 Å². The van der Waals surface area contributed by atoms with Gasteiger partial charge in [-0.1, -0.05) is 199 Å². The molecule has 0 spiro atoms. The molecule has 33 heavy (non-hydrogen) atoms. The molecule has 0 saturated heterocycles. The standard InChI is InChI=1S/C33H64/c1-3-5-7-9-11-13-15-17-19-21-23-25-27-29-31-33-32-30-28-26-24-22-20-18-16-14-12-10-8-6-4-2/h1,3H,2,4-33H2. The van der Waals surface area contributed by atoms with Gasteiger partial charge in [0.2, 0.25) is 0 Å². The van der Waals surface area contributed by atoms with Gasteiger partial charge in [-0.3, -0.25) is 0 Å². The highest BCUT2D eigenvalue weighted by atomic mass is 14.0. The summed E-state index contributed by atoms with van der Waals surface area (Å²) in [5.41, 5.74) is 0. The van der Waals surface area contributed by atoms with Crippen LogP contribution in [0.4, 0.5) is 0 Å². The van der Waals surface area contributed by atoms with E-state index in [4.69, 9.17) is 6.58 Å². The Hall–Kier alpha value is -0.260. The lowest BCUT2D eigenvalue weighted by molar-refractivity contribution is 0.514. The molecule has 0 aliphatic heterocycles. The molecule has 0 heterocycles. The average molecular weight is 461 g/mol. The summed E-state index contributed by atoms with van der Waals surface area (Å²) in [5.74, 6) is 0. The van der Waals surface area contributed by atoms with E-state index >= 15 is 0 Å². The largest absolute Gasteiger partial charge is 0.0845 e. The first-order valence-corrected chi connectivity index (χ1v) is 15.7. The van der Waals surface area contributed by atoms with Gasteiger partial charge in [0.05, 0.1) is 0 Å². The van der Waals surface area contributed by atoms with Crippen LogP contribution in [0.5, 0.6) is 0 Å². The lowest BCUT2D eigenvalue weighted by Crippen LogP contribution is -1.85. The summed E-state index contributed by atoms with van der Waals surface area (Å²) < 4.78 is 0. The fourth-order valence-corrected chi connectivity index (χ4v) is 5.04. The Morgan fingerprint density at radius 3 is 0.667 bits per heavy atom. The lowest BCUT2D eigenvalue weighted by atomic mass is 10.0. The zero-order chi connectivity index (χ0) is 23.9. The molecule has 0 amide bonds. The molecule has 0 unspecified atom stereocenters. The Bertz CT molecular complexity index is 331. The molecule has 0 heteroatoms. The van der Waals surface area contributed by atoms with Crippen molar-refractivity contribution in [3.63, 3.8) is 0 Å². The Balaban J connectivity index is 2.99. The molecular weight excluding hydrogens is 396 g/mol. The molecule has 0 N–H and O–H groups in total. The zero-order valence-electron chi connectivity index (χ0n) is 23.1. The Kier molecular flexibility index (Phi) is 31.5. The maximum absolute atomic E-state index is 5.41. The molecular formula is C33H64. The Labute approximate surface area is 212 Å². The first-order valence-electron chi connectivity index (χ1n) is 15.7. The molecule has 0 nitrogen and oxygen atoms in total. The third-order valence-electron chi connectivity index (χ3n) is 7.37. The molecule has 0 aliphatic rings. The van der Waals surface area contributed by atoms with Crippen LogP contribution in [0.25, 0.3) is 0 Å². The highest BCUT2D eigenvalue weighted by molar-refractivity contribution is 4.61. The van der Waals surface area contributed by atoms with Crippen molar-refractivity contribution in [3.05, 3.63) is 19.6 Å². The summed E-state index contributed by atoms with van der Waals surface area (Å²) in [4.78, 5) is 0. The van der Waals surface area contributed by atoms with Gasteiger partial charge in [0, 0.05) is 0 Å². The van der Waals surface area contributed by atoms with Gasteiger partial charge in [0.1, 0.15) is 0 Å². The van der Waals surface area contributed by atoms with Gasteiger partial charge >= 0.3 is 0 Å². The molecule has 0 saturated carbocycles. The minimum absolute atomic E-state index is 1.10. The van der Waals surface area contributed by atoms with Crippen molar-refractivity contribution in [2.75, 3.05) is 0 Å². The predicted molar refractivity (Wildman–Crippen MR) is 153 cm³/mol. The van der Waals surface area contributed by atoms with Gasteiger partial charge < -0.3 is 0 Å². The smallest absolute Gasteiger partial charge is 0.0348 e. The molecule has 0 bridgehead atoms. The number of allylic oxidation sites excluding steroid dienone is 1. The summed E-state index contributed by atoms with van der Waals surface area (Å²) in [6, 6.07) is 0. The third-order valence-corrected chi connectivity index (χ3v) is 7.37. The van der Waals surface area contributed by atoms with Gasteiger partial charge in [0.15, 0.2) is 0 Å². The fraction of sp³-hybridized carbons (Fsp3) is 0.909. The maximum Gasteiger partial charge on any atom is -0.0348 e. The summed E-state index contributed by atoms with van der Waals surface area (Å²) in [5, 5.41) is 0. The van der Waals surface area contributed by atoms with Crippen molar-refractivity contribution in [2.45, 2.75) is 193 Å². The van der Waals surface area contributed by atoms with E-state index in [0.29, 0.717) is 0 Å². The van der Waals surface area contributed by atoms with E-state index in [9.17, 15) is 0 Å². The van der Waals surface area contributed by atoms with Crippen molar-refractivity contribution >= 4 is 0 Å². The second-order valence-corrected chi connectivity index (χ2v) is 10.8. The highest BCUT2D eigenvalue weighted by Crippen LogP contribution is 2.16. The molecule has 0 fully saturated rings. The van der Waals surface area contributed by atoms with Crippen molar-refractivity contribution in [1.29, 1.82) is 0 Å².